The molecule has 1 heterocycles. The normalized spacial score (nSPS) is 10.9. The Morgan fingerprint density at radius 3 is 2.34 bits per heavy atom. The van der Waals surface area contributed by atoms with Crippen LogP contribution < -0.4 is 10.6 Å². The van der Waals surface area contributed by atoms with Gasteiger partial charge in [0.25, 0.3) is 5.91 Å². The quantitative estimate of drug-likeness (QED) is 0.663. The van der Waals surface area contributed by atoms with Crippen molar-refractivity contribution in [2.24, 2.45) is 0 Å². The van der Waals surface area contributed by atoms with Gasteiger partial charge in [-0.2, -0.15) is 5.26 Å². The highest BCUT2D eigenvalue weighted by Gasteiger charge is 2.18. The van der Waals surface area contributed by atoms with Gasteiger partial charge < -0.3 is 10.6 Å². The molecule has 29 heavy (non-hydrogen) atoms. The molecule has 0 aliphatic heterocycles. The fourth-order valence-corrected chi connectivity index (χ4v) is 3.01. The van der Waals surface area contributed by atoms with E-state index in [0.717, 1.165) is 11.3 Å². The van der Waals surface area contributed by atoms with Crippen LogP contribution in [0.2, 0.25) is 0 Å². The van der Waals surface area contributed by atoms with E-state index in [2.05, 4.69) is 53.5 Å². The molecule has 0 aliphatic rings. The molecule has 0 saturated heterocycles. The molecule has 0 aliphatic carbocycles. The molecule has 0 unspecified atom stereocenters. The smallest absolute Gasteiger partial charge is 0.274 e. The minimum atomic E-state index is -0.398. The average molecular weight is 385 g/mol. The number of carbonyl (C=O) groups excluding carboxylic acids is 1. The Bertz CT molecular complexity index is 1090. The highest BCUT2D eigenvalue weighted by atomic mass is 16.1. The molecule has 0 saturated carbocycles. The number of nitrogens with zero attached hydrogens (tertiary/aromatic N) is 3. The number of aromatic nitrogens is 2. The van der Waals surface area contributed by atoms with Crippen LogP contribution in [0.5, 0.6) is 0 Å². The van der Waals surface area contributed by atoms with E-state index in [1.54, 1.807) is 37.3 Å². The van der Waals surface area contributed by atoms with Crippen LogP contribution in [0.25, 0.3) is 0 Å². The van der Waals surface area contributed by atoms with Gasteiger partial charge in [0, 0.05) is 11.8 Å². The van der Waals surface area contributed by atoms with E-state index in [-0.39, 0.29) is 11.1 Å². The zero-order chi connectivity index (χ0) is 21.0. The summed E-state index contributed by atoms with van der Waals surface area (Å²) in [5.41, 5.74) is 3.09. The van der Waals surface area contributed by atoms with Gasteiger partial charge in [0.2, 0.25) is 0 Å². The Balaban J connectivity index is 1.90. The molecule has 2 N–H and O–H groups in total. The topological polar surface area (TPSA) is 90.7 Å². The molecular formula is C23H23N5O. The summed E-state index contributed by atoms with van der Waals surface area (Å²) in [7, 11) is 0. The summed E-state index contributed by atoms with van der Waals surface area (Å²) in [6.07, 6.45) is 0. The van der Waals surface area contributed by atoms with E-state index in [4.69, 9.17) is 0 Å². The van der Waals surface area contributed by atoms with E-state index in [1.807, 2.05) is 18.2 Å². The summed E-state index contributed by atoms with van der Waals surface area (Å²) in [5, 5.41) is 15.3. The standard InChI is InChI=1S/C23H23N5O/c1-15-25-20(22(29)28-18-11-7-5-9-16(18)14-24)13-21(26-15)27-19-12-8-6-10-17(19)23(2,3)4/h5-13H,1-4H3,(H,28,29)(H,25,26,27). The van der Waals surface area contributed by atoms with E-state index < -0.39 is 5.91 Å². The van der Waals surface area contributed by atoms with Crippen LogP contribution in [-0.4, -0.2) is 15.9 Å². The van der Waals surface area contributed by atoms with Crippen molar-refractivity contribution in [1.29, 1.82) is 5.26 Å². The van der Waals surface area contributed by atoms with Gasteiger partial charge >= 0.3 is 0 Å². The number of carbonyl (C=O) groups is 1. The zero-order valence-electron chi connectivity index (χ0n) is 16.9. The van der Waals surface area contributed by atoms with Gasteiger partial charge in [-0.25, -0.2) is 9.97 Å². The maximum absolute atomic E-state index is 12.7. The lowest BCUT2D eigenvalue weighted by Crippen LogP contribution is -2.17. The molecule has 0 spiro atoms. The number of amides is 1. The van der Waals surface area contributed by atoms with Gasteiger partial charge in [0.05, 0.1) is 11.3 Å². The average Bonchev–Trinajstić information content (AvgIpc) is 2.67. The second kappa shape index (κ2) is 8.11. The molecular weight excluding hydrogens is 362 g/mol. The van der Waals surface area contributed by atoms with Crippen molar-refractivity contribution < 1.29 is 4.79 Å². The maximum atomic E-state index is 12.7. The lowest BCUT2D eigenvalue weighted by atomic mass is 9.86. The number of nitriles is 1. The number of hydrogen-bond acceptors (Lipinski definition) is 5. The van der Waals surface area contributed by atoms with Crippen molar-refractivity contribution in [3.63, 3.8) is 0 Å². The Hall–Kier alpha value is -3.72. The number of hydrogen-bond donors (Lipinski definition) is 2. The van der Waals surface area contributed by atoms with Crippen LogP contribution in [0.1, 0.15) is 48.2 Å². The molecule has 0 fully saturated rings. The van der Waals surface area contributed by atoms with Crippen molar-refractivity contribution in [3.8, 4) is 6.07 Å². The fourth-order valence-electron chi connectivity index (χ4n) is 3.01. The number of aryl methyl sites for hydroxylation is 1. The number of anilines is 3. The fraction of sp³-hybridized carbons (Fsp3) is 0.217. The Kier molecular flexibility index (Phi) is 5.60. The monoisotopic (exact) mass is 385 g/mol. The minimum absolute atomic E-state index is 0.0487. The first-order valence-electron chi connectivity index (χ1n) is 9.30. The molecule has 3 aromatic rings. The van der Waals surface area contributed by atoms with Gasteiger partial charge in [-0.3, -0.25) is 4.79 Å². The summed E-state index contributed by atoms with van der Waals surface area (Å²) in [4.78, 5) is 21.4. The van der Waals surface area contributed by atoms with E-state index >= 15 is 0 Å². The summed E-state index contributed by atoms with van der Waals surface area (Å²) in [6, 6.07) is 18.5. The maximum Gasteiger partial charge on any atom is 0.274 e. The molecule has 6 nitrogen and oxygen atoms in total. The van der Waals surface area contributed by atoms with Crippen molar-refractivity contribution in [3.05, 3.63) is 77.2 Å². The summed E-state index contributed by atoms with van der Waals surface area (Å²) >= 11 is 0. The van der Waals surface area contributed by atoms with Crippen LogP contribution in [-0.2, 0) is 5.41 Å². The number of benzene rings is 2. The van der Waals surface area contributed by atoms with Crippen LogP contribution in [0.15, 0.2) is 54.6 Å². The zero-order valence-corrected chi connectivity index (χ0v) is 16.9. The summed E-state index contributed by atoms with van der Waals surface area (Å²) in [5.74, 6) is 0.611. The van der Waals surface area contributed by atoms with Crippen molar-refractivity contribution in [1.82, 2.24) is 9.97 Å². The van der Waals surface area contributed by atoms with Crippen LogP contribution in [0.4, 0.5) is 17.2 Å². The van der Waals surface area contributed by atoms with Gasteiger partial charge in [0.15, 0.2) is 0 Å². The molecule has 6 heteroatoms. The Morgan fingerprint density at radius 2 is 1.66 bits per heavy atom. The predicted molar refractivity (Wildman–Crippen MR) is 114 cm³/mol. The van der Waals surface area contributed by atoms with E-state index in [0.29, 0.717) is 22.9 Å². The second-order valence-electron chi connectivity index (χ2n) is 7.72. The Labute approximate surface area is 170 Å². The molecule has 1 aromatic heterocycles. The van der Waals surface area contributed by atoms with Gasteiger partial charge in [-0.1, -0.05) is 51.1 Å². The van der Waals surface area contributed by atoms with Crippen LogP contribution in [0.3, 0.4) is 0 Å². The third-order valence-corrected chi connectivity index (χ3v) is 4.36. The molecule has 1 amide bonds. The lowest BCUT2D eigenvalue weighted by Gasteiger charge is -2.23. The number of para-hydroxylation sites is 2. The van der Waals surface area contributed by atoms with Gasteiger partial charge in [-0.15, -0.1) is 0 Å². The third kappa shape index (κ3) is 4.77. The van der Waals surface area contributed by atoms with Gasteiger partial charge in [-0.05, 0) is 36.1 Å². The minimum Gasteiger partial charge on any atom is -0.340 e. The van der Waals surface area contributed by atoms with Crippen LogP contribution in [0, 0.1) is 18.3 Å². The third-order valence-electron chi connectivity index (χ3n) is 4.36. The lowest BCUT2D eigenvalue weighted by molar-refractivity contribution is 0.102. The molecule has 0 atom stereocenters. The van der Waals surface area contributed by atoms with Crippen molar-refractivity contribution >= 4 is 23.1 Å². The van der Waals surface area contributed by atoms with Gasteiger partial charge in [0.1, 0.15) is 23.4 Å². The van der Waals surface area contributed by atoms with Crippen molar-refractivity contribution in [2.45, 2.75) is 33.1 Å². The van der Waals surface area contributed by atoms with E-state index in [1.165, 1.54) is 0 Å². The molecule has 2 aromatic carbocycles. The van der Waals surface area contributed by atoms with Crippen molar-refractivity contribution in [2.75, 3.05) is 10.6 Å². The number of nitrogens with one attached hydrogen (secondary N) is 2. The highest BCUT2D eigenvalue weighted by molar-refractivity contribution is 6.04. The highest BCUT2D eigenvalue weighted by Crippen LogP contribution is 2.31. The van der Waals surface area contributed by atoms with Crippen LogP contribution >= 0.6 is 0 Å². The molecule has 0 radical (unpaired) electrons. The number of rotatable bonds is 4. The SMILES string of the molecule is Cc1nc(Nc2ccccc2C(C)(C)C)cc(C(=O)Nc2ccccc2C#N)n1. The van der Waals surface area contributed by atoms with E-state index in [9.17, 15) is 10.1 Å². The first-order chi connectivity index (χ1) is 13.8. The predicted octanol–water partition coefficient (Wildman–Crippen LogP) is 4.95. The molecule has 0 bridgehead atoms. The first kappa shape index (κ1) is 20.0. The largest absolute Gasteiger partial charge is 0.340 e. The Morgan fingerprint density at radius 1 is 1.00 bits per heavy atom. The summed E-state index contributed by atoms with van der Waals surface area (Å²) < 4.78 is 0. The first-order valence-corrected chi connectivity index (χ1v) is 9.30. The molecule has 146 valence electrons. The summed E-state index contributed by atoms with van der Waals surface area (Å²) in [6.45, 7) is 8.17. The second-order valence-corrected chi connectivity index (χ2v) is 7.72. The molecule has 3 rings (SSSR count).